The summed E-state index contributed by atoms with van der Waals surface area (Å²) in [5.41, 5.74) is 10.3. The molecule has 3 rings (SSSR count). The van der Waals surface area contributed by atoms with Crippen LogP contribution in [0.1, 0.15) is 22.9 Å². The summed E-state index contributed by atoms with van der Waals surface area (Å²) in [4.78, 5) is 0. The van der Waals surface area contributed by atoms with Gasteiger partial charge in [0.2, 0.25) is 0 Å². The van der Waals surface area contributed by atoms with Crippen LogP contribution in [0.15, 0.2) is 42.5 Å². The van der Waals surface area contributed by atoms with Crippen LogP contribution in [-0.2, 0) is 6.54 Å². The SMILES string of the molecule is N#Cc1cccc(C2NCc3ccccc3N2)c1N. The average Bonchev–Trinajstić information content (AvgIpc) is 2.47. The van der Waals surface area contributed by atoms with E-state index in [2.05, 4.69) is 22.8 Å². The minimum atomic E-state index is -0.0665. The van der Waals surface area contributed by atoms with E-state index in [0.29, 0.717) is 11.3 Å². The molecule has 0 saturated carbocycles. The molecule has 4 heteroatoms. The lowest BCUT2D eigenvalue weighted by Crippen LogP contribution is -2.33. The number of anilines is 2. The number of hydrogen-bond donors (Lipinski definition) is 3. The van der Waals surface area contributed by atoms with Gasteiger partial charge in [0.15, 0.2) is 0 Å². The number of nitrogens with one attached hydrogen (secondary N) is 2. The van der Waals surface area contributed by atoms with E-state index in [-0.39, 0.29) is 6.17 Å². The van der Waals surface area contributed by atoms with Crippen molar-refractivity contribution in [1.82, 2.24) is 5.32 Å². The summed E-state index contributed by atoms with van der Waals surface area (Å²) in [6, 6.07) is 15.8. The molecule has 0 spiro atoms. The molecular weight excluding hydrogens is 236 g/mol. The van der Waals surface area contributed by atoms with Gasteiger partial charge in [-0.15, -0.1) is 0 Å². The molecule has 1 aliphatic rings. The fourth-order valence-electron chi connectivity index (χ4n) is 2.35. The normalized spacial score (nSPS) is 17.1. The van der Waals surface area contributed by atoms with Crippen LogP contribution in [0.25, 0.3) is 0 Å². The van der Waals surface area contributed by atoms with Crippen LogP contribution in [0, 0.1) is 11.3 Å². The van der Waals surface area contributed by atoms with Crippen molar-refractivity contribution in [1.29, 1.82) is 5.26 Å². The van der Waals surface area contributed by atoms with Crippen molar-refractivity contribution in [3.63, 3.8) is 0 Å². The topological polar surface area (TPSA) is 73.9 Å². The molecule has 1 unspecified atom stereocenters. The largest absolute Gasteiger partial charge is 0.397 e. The minimum Gasteiger partial charge on any atom is -0.397 e. The number of hydrogen-bond acceptors (Lipinski definition) is 4. The Morgan fingerprint density at radius 3 is 2.84 bits per heavy atom. The maximum atomic E-state index is 9.03. The number of nitrogens with zero attached hydrogens (tertiary/aromatic N) is 1. The third kappa shape index (κ3) is 2.01. The summed E-state index contributed by atoms with van der Waals surface area (Å²) in [6.45, 7) is 0.782. The second-order valence-corrected chi connectivity index (χ2v) is 4.54. The van der Waals surface area contributed by atoms with E-state index in [0.717, 1.165) is 17.8 Å². The van der Waals surface area contributed by atoms with Crippen molar-refractivity contribution in [2.45, 2.75) is 12.7 Å². The Morgan fingerprint density at radius 2 is 2.00 bits per heavy atom. The second kappa shape index (κ2) is 4.63. The van der Waals surface area contributed by atoms with Crippen LogP contribution < -0.4 is 16.4 Å². The Balaban J connectivity index is 1.96. The van der Waals surface area contributed by atoms with E-state index in [4.69, 9.17) is 11.0 Å². The molecule has 0 bridgehead atoms. The molecule has 94 valence electrons. The standard InChI is InChI=1S/C15H14N4/c16-8-10-5-3-6-12(14(10)17)15-18-9-11-4-1-2-7-13(11)19-15/h1-7,15,18-19H,9,17H2. The van der Waals surface area contributed by atoms with Gasteiger partial charge in [-0.3, -0.25) is 5.32 Å². The number of nitrogens with two attached hydrogens (primary N) is 1. The summed E-state index contributed by atoms with van der Waals surface area (Å²) in [5.74, 6) is 0. The van der Waals surface area contributed by atoms with Gasteiger partial charge in [-0.25, -0.2) is 0 Å². The van der Waals surface area contributed by atoms with Crippen molar-refractivity contribution in [2.75, 3.05) is 11.1 Å². The van der Waals surface area contributed by atoms with Crippen molar-refractivity contribution in [3.8, 4) is 6.07 Å². The van der Waals surface area contributed by atoms with Gasteiger partial charge in [-0.2, -0.15) is 5.26 Å². The van der Waals surface area contributed by atoms with Crippen molar-refractivity contribution in [3.05, 3.63) is 59.2 Å². The lowest BCUT2D eigenvalue weighted by molar-refractivity contribution is 0.567. The van der Waals surface area contributed by atoms with Gasteiger partial charge in [-0.05, 0) is 17.7 Å². The highest BCUT2D eigenvalue weighted by Crippen LogP contribution is 2.29. The highest BCUT2D eigenvalue weighted by Gasteiger charge is 2.20. The van der Waals surface area contributed by atoms with Crippen LogP contribution in [0.4, 0.5) is 11.4 Å². The van der Waals surface area contributed by atoms with Crippen LogP contribution in [-0.4, -0.2) is 0 Å². The zero-order chi connectivity index (χ0) is 13.2. The summed E-state index contributed by atoms with van der Waals surface area (Å²) in [7, 11) is 0. The first-order chi connectivity index (χ1) is 9.29. The Kier molecular flexibility index (Phi) is 2.82. The minimum absolute atomic E-state index is 0.0665. The highest BCUT2D eigenvalue weighted by atomic mass is 15.1. The molecule has 1 atom stereocenters. The molecule has 0 aliphatic carbocycles. The van der Waals surface area contributed by atoms with Crippen LogP contribution in [0.2, 0.25) is 0 Å². The lowest BCUT2D eigenvalue weighted by Gasteiger charge is -2.29. The summed E-state index contributed by atoms with van der Waals surface area (Å²) in [6.07, 6.45) is -0.0665. The quantitative estimate of drug-likeness (QED) is 0.679. The molecule has 2 aromatic carbocycles. The van der Waals surface area contributed by atoms with E-state index in [1.54, 1.807) is 6.07 Å². The van der Waals surface area contributed by atoms with Crippen LogP contribution in [0.3, 0.4) is 0 Å². The molecule has 1 heterocycles. The molecule has 19 heavy (non-hydrogen) atoms. The van der Waals surface area contributed by atoms with Gasteiger partial charge >= 0.3 is 0 Å². The number of fused-ring (bicyclic) bond motifs is 1. The molecule has 0 saturated heterocycles. The van der Waals surface area contributed by atoms with Gasteiger partial charge in [0.05, 0.1) is 11.3 Å². The fourth-order valence-corrected chi connectivity index (χ4v) is 2.35. The van der Waals surface area contributed by atoms with Gasteiger partial charge in [-0.1, -0.05) is 30.3 Å². The first kappa shape index (κ1) is 11.6. The Labute approximate surface area is 111 Å². The smallest absolute Gasteiger partial charge is 0.105 e. The number of nitrogen functional groups attached to an aromatic ring is 1. The van der Waals surface area contributed by atoms with Crippen molar-refractivity contribution in [2.24, 2.45) is 0 Å². The zero-order valence-corrected chi connectivity index (χ0v) is 10.4. The van der Waals surface area contributed by atoms with Gasteiger partial charge < -0.3 is 11.1 Å². The third-order valence-corrected chi connectivity index (χ3v) is 3.39. The molecule has 4 N–H and O–H groups in total. The van der Waals surface area contributed by atoms with Gasteiger partial charge in [0.25, 0.3) is 0 Å². The fraction of sp³-hybridized carbons (Fsp3) is 0.133. The second-order valence-electron chi connectivity index (χ2n) is 4.54. The predicted octanol–water partition coefficient (Wildman–Crippen LogP) is 2.35. The van der Waals surface area contributed by atoms with Crippen LogP contribution >= 0.6 is 0 Å². The maximum Gasteiger partial charge on any atom is 0.105 e. The predicted molar refractivity (Wildman–Crippen MR) is 75.2 cm³/mol. The van der Waals surface area contributed by atoms with Gasteiger partial charge in [0, 0.05) is 17.8 Å². The lowest BCUT2D eigenvalue weighted by atomic mass is 10.0. The first-order valence-electron chi connectivity index (χ1n) is 6.16. The zero-order valence-electron chi connectivity index (χ0n) is 10.4. The van der Waals surface area contributed by atoms with E-state index in [1.807, 2.05) is 30.3 Å². The maximum absolute atomic E-state index is 9.03. The molecule has 4 nitrogen and oxygen atoms in total. The number of rotatable bonds is 1. The van der Waals surface area contributed by atoms with E-state index < -0.39 is 0 Å². The summed E-state index contributed by atoms with van der Waals surface area (Å²) >= 11 is 0. The Hall–Kier alpha value is -2.51. The Morgan fingerprint density at radius 1 is 1.16 bits per heavy atom. The molecule has 0 radical (unpaired) electrons. The van der Waals surface area contributed by atoms with Crippen molar-refractivity contribution < 1.29 is 0 Å². The Bertz CT molecular complexity index is 657. The molecule has 0 amide bonds. The van der Waals surface area contributed by atoms with E-state index >= 15 is 0 Å². The number of benzene rings is 2. The molecule has 1 aliphatic heterocycles. The summed E-state index contributed by atoms with van der Waals surface area (Å²) in [5, 5.41) is 15.8. The first-order valence-corrected chi connectivity index (χ1v) is 6.16. The number of nitriles is 1. The van der Waals surface area contributed by atoms with E-state index in [1.165, 1.54) is 5.56 Å². The number of para-hydroxylation sites is 2. The summed E-state index contributed by atoms with van der Waals surface area (Å²) < 4.78 is 0. The molecule has 0 aromatic heterocycles. The van der Waals surface area contributed by atoms with Gasteiger partial charge in [0.1, 0.15) is 12.2 Å². The molecule has 2 aromatic rings. The molecular formula is C15H14N4. The molecule has 0 fully saturated rings. The monoisotopic (exact) mass is 250 g/mol. The average molecular weight is 250 g/mol. The van der Waals surface area contributed by atoms with E-state index in [9.17, 15) is 0 Å². The van der Waals surface area contributed by atoms with Crippen LogP contribution in [0.5, 0.6) is 0 Å². The third-order valence-electron chi connectivity index (χ3n) is 3.39. The highest BCUT2D eigenvalue weighted by molar-refractivity contribution is 5.63. The van der Waals surface area contributed by atoms with Crippen molar-refractivity contribution >= 4 is 11.4 Å².